The first-order valence-corrected chi connectivity index (χ1v) is 8.03. The van der Waals surface area contributed by atoms with Crippen LogP contribution in [0.2, 0.25) is 0 Å². The third kappa shape index (κ3) is 3.77. The van der Waals surface area contributed by atoms with Gasteiger partial charge in [-0.3, -0.25) is 9.59 Å². The summed E-state index contributed by atoms with van der Waals surface area (Å²) >= 11 is 0. The van der Waals surface area contributed by atoms with Gasteiger partial charge in [0.25, 0.3) is 0 Å². The number of nitrogens with two attached hydrogens (primary N) is 1. The third-order valence-corrected chi connectivity index (χ3v) is 4.85. The molecule has 1 unspecified atom stereocenters. The van der Waals surface area contributed by atoms with Crippen molar-refractivity contribution >= 4 is 11.8 Å². The van der Waals surface area contributed by atoms with Crippen LogP contribution in [0, 0.1) is 11.8 Å². The fourth-order valence-corrected chi connectivity index (χ4v) is 3.42. The van der Waals surface area contributed by atoms with Gasteiger partial charge in [0.05, 0.1) is 12.5 Å². The number of hydrogen-bond donors (Lipinski definition) is 1. The van der Waals surface area contributed by atoms with E-state index in [1.807, 2.05) is 0 Å². The molecule has 0 saturated carbocycles. The van der Waals surface area contributed by atoms with Gasteiger partial charge < -0.3 is 15.5 Å². The number of nitrogens with zero attached hydrogens (tertiary/aromatic N) is 2. The highest BCUT2D eigenvalue weighted by atomic mass is 16.2. The minimum atomic E-state index is -0.291. The fraction of sp³-hybridized carbons (Fsp3) is 0.750. The van der Waals surface area contributed by atoms with Crippen LogP contribution in [-0.2, 0) is 9.59 Å². The van der Waals surface area contributed by atoms with Crippen LogP contribution in [0.4, 0.5) is 0 Å². The number of primary amides is 1. The molecule has 2 rings (SSSR count). The zero-order valence-electron chi connectivity index (χ0n) is 13.0. The van der Waals surface area contributed by atoms with E-state index in [0.29, 0.717) is 19.0 Å². The lowest BCUT2D eigenvalue weighted by atomic mass is 9.92. The van der Waals surface area contributed by atoms with Crippen LogP contribution in [0.25, 0.3) is 0 Å². The number of piperidine rings is 2. The Bertz CT molecular complexity index is 422. The molecule has 2 atom stereocenters. The van der Waals surface area contributed by atoms with E-state index in [0.717, 1.165) is 44.5 Å². The van der Waals surface area contributed by atoms with Crippen LogP contribution in [0.1, 0.15) is 39.0 Å². The van der Waals surface area contributed by atoms with Crippen LogP contribution in [0.3, 0.4) is 0 Å². The number of carbonyl (C=O) groups excluding carboxylic acids is 2. The lowest BCUT2D eigenvalue weighted by molar-refractivity contribution is -0.135. The second kappa shape index (κ2) is 6.96. The van der Waals surface area contributed by atoms with Crippen molar-refractivity contribution in [3.05, 3.63) is 12.3 Å². The molecule has 2 aliphatic rings. The minimum Gasteiger partial charge on any atom is -0.369 e. The predicted octanol–water partition coefficient (Wildman–Crippen LogP) is 1.35. The molecule has 0 radical (unpaired) electrons. The standard InChI is InChI=1S/C16H27N3O2/c1-3-13-6-4-8-18(12(13)2)11-15(20)19-9-5-7-14(10-19)16(17)21/h13-14H,2-11H2,1H3,(H2,17,21)/t13-,14?/m0/s1. The molecule has 5 nitrogen and oxygen atoms in total. The Morgan fingerprint density at radius 1 is 1.29 bits per heavy atom. The normalized spacial score (nSPS) is 26.8. The van der Waals surface area contributed by atoms with Crippen molar-refractivity contribution in [2.75, 3.05) is 26.2 Å². The van der Waals surface area contributed by atoms with Gasteiger partial charge in [0.1, 0.15) is 0 Å². The quantitative estimate of drug-likeness (QED) is 0.850. The molecule has 118 valence electrons. The van der Waals surface area contributed by atoms with E-state index in [4.69, 9.17) is 5.73 Å². The van der Waals surface area contributed by atoms with Gasteiger partial charge in [-0.25, -0.2) is 0 Å². The Kier molecular flexibility index (Phi) is 5.26. The van der Waals surface area contributed by atoms with Crippen molar-refractivity contribution < 1.29 is 9.59 Å². The highest BCUT2D eigenvalue weighted by Crippen LogP contribution is 2.28. The molecule has 0 spiro atoms. The summed E-state index contributed by atoms with van der Waals surface area (Å²) in [5.41, 5.74) is 6.47. The predicted molar refractivity (Wildman–Crippen MR) is 82.2 cm³/mol. The van der Waals surface area contributed by atoms with Crippen molar-refractivity contribution in [1.29, 1.82) is 0 Å². The van der Waals surface area contributed by atoms with Gasteiger partial charge in [0.2, 0.25) is 11.8 Å². The average Bonchev–Trinajstić information content (AvgIpc) is 2.49. The van der Waals surface area contributed by atoms with E-state index in [2.05, 4.69) is 18.4 Å². The zero-order valence-corrected chi connectivity index (χ0v) is 13.0. The van der Waals surface area contributed by atoms with Gasteiger partial charge in [-0.1, -0.05) is 13.5 Å². The molecule has 21 heavy (non-hydrogen) atoms. The van der Waals surface area contributed by atoms with Crippen LogP contribution >= 0.6 is 0 Å². The van der Waals surface area contributed by atoms with E-state index in [1.54, 1.807) is 4.90 Å². The summed E-state index contributed by atoms with van der Waals surface area (Å²) in [6.45, 7) is 8.85. The molecule has 2 amide bonds. The molecule has 0 aromatic heterocycles. The molecule has 0 aromatic carbocycles. The number of amides is 2. The molecule has 0 bridgehead atoms. The summed E-state index contributed by atoms with van der Waals surface area (Å²) in [7, 11) is 0. The largest absolute Gasteiger partial charge is 0.369 e. The van der Waals surface area contributed by atoms with Crippen LogP contribution in [0.5, 0.6) is 0 Å². The lowest BCUT2D eigenvalue weighted by Gasteiger charge is -2.38. The number of allylic oxidation sites excluding steroid dienone is 1. The Morgan fingerprint density at radius 3 is 2.67 bits per heavy atom. The van der Waals surface area contributed by atoms with Crippen molar-refractivity contribution in [3.8, 4) is 0 Å². The molecule has 2 saturated heterocycles. The Balaban J connectivity index is 1.91. The van der Waals surface area contributed by atoms with E-state index in [-0.39, 0.29) is 17.7 Å². The highest BCUT2D eigenvalue weighted by Gasteiger charge is 2.29. The summed E-state index contributed by atoms with van der Waals surface area (Å²) in [4.78, 5) is 27.7. The van der Waals surface area contributed by atoms with Crippen molar-refractivity contribution in [2.24, 2.45) is 17.6 Å². The highest BCUT2D eigenvalue weighted by molar-refractivity contribution is 5.81. The topological polar surface area (TPSA) is 66.6 Å². The fourth-order valence-electron chi connectivity index (χ4n) is 3.42. The maximum absolute atomic E-state index is 12.5. The first-order valence-electron chi connectivity index (χ1n) is 8.03. The molecule has 0 aromatic rings. The van der Waals surface area contributed by atoms with Gasteiger partial charge >= 0.3 is 0 Å². The van der Waals surface area contributed by atoms with Crippen molar-refractivity contribution in [1.82, 2.24) is 9.80 Å². The summed E-state index contributed by atoms with van der Waals surface area (Å²) in [6, 6.07) is 0. The minimum absolute atomic E-state index is 0.0962. The molecule has 2 heterocycles. The second-order valence-electron chi connectivity index (χ2n) is 6.24. The Morgan fingerprint density at radius 2 is 2.00 bits per heavy atom. The maximum Gasteiger partial charge on any atom is 0.242 e. The Labute approximate surface area is 127 Å². The van der Waals surface area contributed by atoms with E-state index >= 15 is 0 Å². The smallest absolute Gasteiger partial charge is 0.242 e. The van der Waals surface area contributed by atoms with Gasteiger partial charge in [-0.2, -0.15) is 0 Å². The molecule has 0 aliphatic carbocycles. The summed E-state index contributed by atoms with van der Waals surface area (Å²) in [5.74, 6) is 0.127. The van der Waals surface area contributed by atoms with E-state index in [1.165, 1.54) is 6.42 Å². The number of hydrogen-bond acceptors (Lipinski definition) is 3. The lowest BCUT2D eigenvalue weighted by Crippen LogP contribution is -2.48. The van der Waals surface area contributed by atoms with Gasteiger partial charge in [-0.05, 0) is 38.0 Å². The van der Waals surface area contributed by atoms with Gasteiger partial charge in [0, 0.05) is 25.3 Å². The molecule has 2 aliphatic heterocycles. The monoisotopic (exact) mass is 293 g/mol. The van der Waals surface area contributed by atoms with Crippen LogP contribution < -0.4 is 5.73 Å². The van der Waals surface area contributed by atoms with Crippen molar-refractivity contribution in [3.63, 3.8) is 0 Å². The molecular weight excluding hydrogens is 266 g/mol. The average molecular weight is 293 g/mol. The van der Waals surface area contributed by atoms with Crippen molar-refractivity contribution in [2.45, 2.75) is 39.0 Å². The van der Waals surface area contributed by atoms with Crippen LogP contribution in [0.15, 0.2) is 12.3 Å². The summed E-state index contributed by atoms with van der Waals surface area (Å²) in [6.07, 6.45) is 5.03. The maximum atomic E-state index is 12.5. The number of carbonyl (C=O) groups is 2. The summed E-state index contributed by atoms with van der Waals surface area (Å²) in [5, 5.41) is 0. The van der Waals surface area contributed by atoms with Crippen LogP contribution in [-0.4, -0.2) is 47.8 Å². The van der Waals surface area contributed by atoms with Gasteiger partial charge in [0.15, 0.2) is 0 Å². The number of likely N-dealkylation sites (tertiary alicyclic amines) is 2. The van der Waals surface area contributed by atoms with E-state index < -0.39 is 0 Å². The van der Waals surface area contributed by atoms with Gasteiger partial charge in [-0.15, -0.1) is 0 Å². The first kappa shape index (κ1) is 15.9. The SMILES string of the molecule is C=C1[C@@H](CC)CCCN1CC(=O)N1CCCC(C(N)=O)C1. The zero-order chi connectivity index (χ0) is 15.4. The summed E-state index contributed by atoms with van der Waals surface area (Å²) < 4.78 is 0. The third-order valence-electron chi connectivity index (χ3n) is 4.85. The Hall–Kier alpha value is -1.52. The molecule has 2 fully saturated rings. The second-order valence-corrected chi connectivity index (χ2v) is 6.24. The number of rotatable bonds is 4. The first-order chi connectivity index (χ1) is 10.0. The molecule has 2 N–H and O–H groups in total. The molecular formula is C16H27N3O2. The molecule has 5 heteroatoms. The van der Waals surface area contributed by atoms with E-state index in [9.17, 15) is 9.59 Å².